The summed E-state index contributed by atoms with van der Waals surface area (Å²) in [4.78, 5) is 40.5. The lowest BCUT2D eigenvalue weighted by molar-refractivity contribution is -0.158. The maximum Gasteiger partial charge on any atom is 0.326 e. The first-order valence-electron chi connectivity index (χ1n) is 10.1. The van der Waals surface area contributed by atoms with E-state index in [1.54, 1.807) is 11.8 Å². The minimum Gasteiger partial charge on any atom is -0.451 e. The molecule has 0 saturated carbocycles. The van der Waals surface area contributed by atoms with Gasteiger partial charge in [-0.15, -0.1) is 0 Å². The fourth-order valence-corrected chi connectivity index (χ4v) is 3.38. The second-order valence-corrected chi connectivity index (χ2v) is 7.22. The average molecular weight is 409 g/mol. The Morgan fingerprint density at radius 3 is 2.17 bits per heavy atom. The highest BCUT2D eigenvalue weighted by atomic mass is 16.5. The van der Waals surface area contributed by atoms with Crippen molar-refractivity contribution >= 4 is 23.5 Å². The maximum atomic E-state index is 12.6. The number of amides is 2. The quantitative estimate of drug-likeness (QED) is 0.703. The first-order chi connectivity index (χ1) is 14.5. The summed E-state index contributed by atoms with van der Waals surface area (Å²) in [5, 5.41) is 2.53. The maximum absolute atomic E-state index is 12.6. The molecule has 30 heavy (non-hydrogen) atoms. The average Bonchev–Trinajstić information content (AvgIpc) is 2.78. The third-order valence-corrected chi connectivity index (χ3v) is 5.01. The Morgan fingerprint density at radius 1 is 0.933 bits per heavy atom. The second-order valence-electron chi connectivity index (χ2n) is 7.22. The Labute approximate surface area is 176 Å². The Bertz CT molecular complexity index is 849. The summed E-state index contributed by atoms with van der Waals surface area (Å²) in [6.07, 6.45) is -0.694. The number of ether oxygens (including phenoxy) is 1. The van der Waals surface area contributed by atoms with E-state index in [1.807, 2.05) is 60.7 Å². The number of carbonyl (C=O) groups excluding carboxylic acids is 3. The molecule has 2 aromatic rings. The lowest BCUT2D eigenvalue weighted by Crippen LogP contribution is -2.52. The normalized spacial score (nSPS) is 14.7. The van der Waals surface area contributed by atoms with Crippen molar-refractivity contribution in [2.75, 3.05) is 37.6 Å². The van der Waals surface area contributed by atoms with Crippen molar-refractivity contribution in [2.24, 2.45) is 0 Å². The van der Waals surface area contributed by atoms with Crippen molar-refractivity contribution in [3.05, 3.63) is 66.2 Å². The standard InChI is InChI=1S/C23H27N3O4/c1-18(30-22(28)17-24-21(27)16-19-8-4-2-5-9-19)23(29)26-14-12-25(13-15-26)20-10-6-3-7-11-20/h2-11,18H,12-17H2,1H3,(H,24,27). The minimum atomic E-state index is -0.883. The molecule has 0 aliphatic carbocycles. The fraction of sp³-hybridized carbons (Fsp3) is 0.348. The molecule has 0 spiro atoms. The number of carbonyl (C=O) groups is 3. The highest BCUT2D eigenvalue weighted by Crippen LogP contribution is 2.16. The van der Waals surface area contributed by atoms with Crippen LogP contribution in [0.15, 0.2) is 60.7 Å². The molecule has 1 atom stereocenters. The molecule has 1 saturated heterocycles. The van der Waals surface area contributed by atoms with Gasteiger partial charge in [-0.25, -0.2) is 0 Å². The van der Waals surface area contributed by atoms with Crippen LogP contribution in [0.5, 0.6) is 0 Å². The van der Waals surface area contributed by atoms with E-state index in [1.165, 1.54) is 0 Å². The molecule has 0 radical (unpaired) electrons. The number of anilines is 1. The highest BCUT2D eigenvalue weighted by molar-refractivity contribution is 5.86. The minimum absolute atomic E-state index is 0.189. The van der Waals surface area contributed by atoms with Gasteiger partial charge in [-0.3, -0.25) is 14.4 Å². The molecular weight excluding hydrogens is 382 g/mol. The van der Waals surface area contributed by atoms with Crippen LogP contribution in [0.2, 0.25) is 0 Å². The van der Waals surface area contributed by atoms with Gasteiger partial charge in [-0.05, 0) is 24.6 Å². The van der Waals surface area contributed by atoms with Crippen molar-refractivity contribution in [1.29, 1.82) is 0 Å². The molecule has 1 fully saturated rings. The van der Waals surface area contributed by atoms with Gasteiger partial charge in [-0.2, -0.15) is 0 Å². The predicted octanol–water partition coefficient (Wildman–Crippen LogP) is 1.63. The number of para-hydroxylation sites is 1. The van der Waals surface area contributed by atoms with E-state index in [9.17, 15) is 14.4 Å². The predicted molar refractivity (Wildman–Crippen MR) is 114 cm³/mol. The summed E-state index contributed by atoms with van der Waals surface area (Å²) < 4.78 is 5.22. The summed E-state index contributed by atoms with van der Waals surface area (Å²) in [5.41, 5.74) is 2.00. The van der Waals surface area contributed by atoms with Crippen LogP contribution >= 0.6 is 0 Å². The summed E-state index contributed by atoms with van der Waals surface area (Å²) in [6, 6.07) is 19.3. The monoisotopic (exact) mass is 409 g/mol. The van der Waals surface area contributed by atoms with Crippen molar-refractivity contribution in [3.63, 3.8) is 0 Å². The van der Waals surface area contributed by atoms with E-state index in [0.717, 1.165) is 24.3 Å². The largest absolute Gasteiger partial charge is 0.451 e. The number of hydrogen-bond donors (Lipinski definition) is 1. The van der Waals surface area contributed by atoms with Crippen LogP contribution in [0.4, 0.5) is 5.69 Å². The highest BCUT2D eigenvalue weighted by Gasteiger charge is 2.27. The Morgan fingerprint density at radius 2 is 1.53 bits per heavy atom. The van der Waals surface area contributed by atoms with Crippen molar-refractivity contribution in [3.8, 4) is 0 Å². The lowest BCUT2D eigenvalue weighted by Gasteiger charge is -2.37. The van der Waals surface area contributed by atoms with Gasteiger partial charge in [0.2, 0.25) is 5.91 Å². The molecule has 158 valence electrons. The van der Waals surface area contributed by atoms with Crippen LogP contribution in [0.25, 0.3) is 0 Å². The number of benzene rings is 2. The number of nitrogens with one attached hydrogen (secondary N) is 1. The Kier molecular flexibility index (Phi) is 7.43. The zero-order valence-electron chi connectivity index (χ0n) is 17.1. The molecule has 7 heteroatoms. The van der Waals surface area contributed by atoms with Gasteiger partial charge in [-0.1, -0.05) is 48.5 Å². The second kappa shape index (κ2) is 10.4. The van der Waals surface area contributed by atoms with Gasteiger partial charge in [0.15, 0.2) is 6.10 Å². The number of nitrogens with zero attached hydrogens (tertiary/aromatic N) is 2. The van der Waals surface area contributed by atoms with Gasteiger partial charge in [0.05, 0.1) is 6.42 Å². The van der Waals surface area contributed by atoms with E-state index in [0.29, 0.717) is 13.1 Å². The van der Waals surface area contributed by atoms with E-state index in [4.69, 9.17) is 4.74 Å². The van der Waals surface area contributed by atoms with Gasteiger partial charge in [0, 0.05) is 31.9 Å². The third-order valence-electron chi connectivity index (χ3n) is 5.01. The Balaban J connectivity index is 1.38. The number of esters is 1. The molecule has 7 nitrogen and oxygen atoms in total. The van der Waals surface area contributed by atoms with Crippen molar-refractivity contribution < 1.29 is 19.1 Å². The SMILES string of the molecule is CC(OC(=O)CNC(=O)Cc1ccccc1)C(=O)N1CCN(c2ccccc2)CC1. The number of hydrogen-bond acceptors (Lipinski definition) is 5. The fourth-order valence-electron chi connectivity index (χ4n) is 3.38. The molecule has 0 aromatic heterocycles. The molecule has 2 amide bonds. The van der Waals surface area contributed by atoms with Crippen LogP contribution in [0.3, 0.4) is 0 Å². The molecular formula is C23H27N3O4. The molecule has 1 aliphatic rings. The van der Waals surface area contributed by atoms with Crippen LogP contribution in [0.1, 0.15) is 12.5 Å². The van der Waals surface area contributed by atoms with E-state index < -0.39 is 12.1 Å². The molecule has 1 heterocycles. The van der Waals surface area contributed by atoms with Gasteiger partial charge in [0.25, 0.3) is 5.91 Å². The van der Waals surface area contributed by atoms with Crippen molar-refractivity contribution in [2.45, 2.75) is 19.4 Å². The first-order valence-corrected chi connectivity index (χ1v) is 10.1. The summed E-state index contributed by atoms with van der Waals surface area (Å²) in [7, 11) is 0. The lowest BCUT2D eigenvalue weighted by atomic mass is 10.1. The molecule has 2 aromatic carbocycles. The zero-order chi connectivity index (χ0) is 21.3. The van der Waals surface area contributed by atoms with Crippen molar-refractivity contribution in [1.82, 2.24) is 10.2 Å². The summed E-state index contributed by atoms with van der Waals surface area (Å²) >= 11 is 0. The van der Waals surface area contributed by atoms with Gasteiger partial charge >= 0.3 is 5.97 Å². The smallest absolute Gasteiger partial charge is 0.326 e. The van der Waals surface area contributed by atoms with Crippen LogP contribution < -0.4 is 10.2 Å². The molecule has 0 bridgehead atoms. The topological polar surface area (TPSA) is 78.9 Å². The van der Waals surface area contributed by atoms with E-state index >= 15 is 0 Å². The molecule has 1 aliphatic heterocycles. The van der Waals surface area contributed by atoms with Crippen LogP contribution in [-0.4, -0.2) is 61.5 Å². The summed E-state index contributed by atoms with van der Waals surface area (Å²) in [5.74, 6) is -1.11. The Hall–Kier alpha value is -3.35. The number of rotatable bonds is 7. The summed E-state index contributed by atoms with van der Waals surface area (Å²) in [6.45, 7) is 3.91. The van der Waals surface area contributed by atoms with Gasteiger partial charge in [0.1, 0.15) is 6.54 Å². The molecule has 3 rings (SSSR count). The molecule has 1 unspecified atom stereocenters. The van der Waals surface area contributed by atoms with Crippen LogP contribution in [-0.2, 0) is 25.5 Å². The zero-order valence-corrected chi connectivity index (χ0v) is 17.1. The van der Waals surface area contributed by atoms with Crippen LogP contribution in [0, 0.1) is 0 Å². The number of piperazine rings is 1. The van der Waals surface area contributed by atoms with E-state index in [-0.39, 0.29) is 24.8 Å². The third kappa shape index (κ3) is 6.07. The van der Waals surface area contributed by atoms with E-state index in [2.05, 4.69) is 10.2 Å². The van der Waals surface area contributed by atoms with Gasteiger partial charge < -0.3 is 19.9 Å². The first kappa shape index (κ1) is 21.4. The molecule has 1 N–H and O–H groups in total.